The van der Waals surface area contributed by atoms with Crippen LogP contribution in [-0.2, 0) is 4.79 Å². The van der Waals surface area contributed by atoms with Gasteiger partial charge in [-0.15, -0.1) is 0 Å². The van der Waals surface area contributed by atoms with Crippen LogP contribution < -0.4 is 5.32 Å². The van der Waals surface area contributed by atoms with E-state index in [4.69, 9.17) is 10.4 Å². The van der Waals surface area contributed by atoms with Crippen LogP contribution in [-0.4, -0.2) is 23.7 Å². The first-order valence-electron chi connectivity index (χ1n) is 5.18. The first-order valence-corrected chi connectivity index (χ1v) is 5.18. The van der Waals surface area contributed by atoms with Crippen molar-refractivity contribution >= 4 is 5.91 Å². The number of nitrogens with zero attached hydrogens (tertiary/aromatic N) is 1. The number of hydrogen-bond donors (Lipinski definition) is 2. The largest absolute Gasteiger partial charge is 0.396 e. The molecule has 1 amide bonds. The predicted octanol–water partition coefficient (Wildman–Crippen LogP) is 1.06. The molecule has 4 nitrogen and oxygen atoms in total. The standard InChI is InChI=1S/C11H20N2O2/c1-8(2)9(5-6-14)13-10(15)11(3,4)7-12/h8-9,14H,5-6H2,1-4H3,(H,13,15). The number of nitrogens with one attached hydrogen (secondary N) is 1. The summed E-state index contributed by atoms with van der Waals surface area (Å²) in [6.07, 6.45) is 0.519. The van der Waals surface area contributed by atoms with Crippen molar-refractivity contribution < 1.29 is 9.90 Å². The van der Waals surface area contributed by atoms with Gasteiger partial charge in [-0.05, 0) is 26.2 Å². The van der Waals surface area contributed by atoms with Gasteiger partial charge in [-0.25, -0.2) is 0 Å². The molecule has 0 saturated carbocycles. The lowest BCUT2D eigenvalue weighted by molar-refractivity contribution is -0.127. The van der Waals surface area contributed by atoms with Crippen LogP contribution in [0.5, 0.6) is 0 Å². The average Bonchev–Trinajstić information content (AvgIpc) is 2.16. The third kappa shape index (κ3) is 4.30. The Labute approximate surface area is 91.3 Å². The van der Waals surface area contributed by atoms with Gasteiger partial charge in [0.15, 0.2) is 0 Å². The maximum Gasteiger partial charge on any atom is 0.240 e. The highest BCUT2D eigenvalue weighted by Crippen LogP contribution is 2.15. The fraction of sp³-hybridized carbons (Fsp3) is 0.818. The molecule has 1 unspecified atom stereocenters. The molecule has 86 valence electrons. The van der Waals surface area contributed by atoms with E-state index < -0.39 is 5.41 Å². The van der Waals surface area contributed by atoms with Gasteiger partial charge in [-0.3, -0.25) is 4.79 Å². The number of carbonyl (C=O) groups is 1. The summed E-state index contributed by atoms with van der Waals surface area (Å²) in [5.74, 6) is -0.0345. The minimum atomic E-state index is -1.01. The van der Waals surface area contributed by atoms with Crippen molar-refractivity contribution in [3.05, 3.63) is 0 Å². The molecule has 0 bridgehead atoms. The normalized spacial score (nSPS) is 13.4. The van der Waals surface area contributed by atoms with Gasteiger partial charge >= 0.3 is 0 Å². The van der Waals surface area contributed by atoms with Gasteiger partial charge in [-0.2, -0.15) is 5.26 Å². The zero-order chi connectivity index (χ0) is 12.1. The molecule has 0 saturated heterocycles. The molecule has 0 aliphatic carbocycles. The molecule has 0 spiro atoms. The first kappa shape index (κ1) is 13.9. The highest BCUT2D eigenvalue weighted by atomic mass is 16.3. The van der Waals surface area contributed by atoms with E-state index >= 15 is 0 Å². The number of nitriles is 1. The van der Waals surface area contributed by atoms with Crippen molar-refractivity contribution in [2.24, 2.45) is 11.3 Å². The Balaban J connectivity index is 4.43. The Kier molecular flexibility index (Phi) is 5.31. The number of aliphatic hydroxyl groups is 1. The number of rotatable bonds is 5. The minimum Gasteiger partial charge on any atom is -0.396 e. The van der Waals surface area contributed by atoms with Gasteiger partial charge in [0, 0.05) is 12.6 Å². The average molecular weight is 212 g/mol. The van der Waals surface area contributed by atoms with Crippen molar-refractivity contribution in [2.75, 3.05) is 6.61 Å². The lowest BCUT2D eigenvalue weighted by Gasteiger charge is -2.25. The summed E-state index contributed by atoms with van der Waals surface area (Å²) in [6, 6.07) is 1.88. The van der Waals surface area contributed by atoms with E-state index in [9.17, 15) is 4.79 Å². The lowest BCUT2D eigenvalue weighted by atomic mass is 9.92. The topological polar surface area (TPSA) is 73.1 Å². The summed E-state index contributed by atoms with van der Waals surface area (Å²) >= 11 is 0. The maximum absolute atomic E-state index is 11.7. The van der Waals surface area contributed by atoms with E-state index in [1.54, 1.807) is 13.8 Å². The Morgan fingerprint density at radius 3 is 2.40 bits per heavy atom. The van der Waals surface area contributed by atoms with Crippen molar-refractivity contribution in [3.63, 3.8) is 0 Å². The van der Waals surface area contributed by atoms with E-state index in [1.807, 2.05) is 19.9 Å². The third-order valence-corrected chi connectivity index (χ3v) is 2.41. The van der Waals surface area contributed by atoms with E-state index in [1.165, 1.54) is 0 Å². The van der Waals surface area contributed by atoms with Crippen LogP contribution in [0.1, 0.15) is 34.1 Å². The molecule has 0 aromatic rings. The predicted molar refractivity (Wildman–Crippen MR) is 57.9 cm³/mol. The molecule has 0 rings (SSSR count). The molecule has 0 fully saturated rings. The fourth-order valence-electron chi connectivity index (χ4n) is 1.11. The quantitative estimate of drug-likeness (QED) is 0.715. The van der Waals surface area contributed by atoms with Crippen LogP contribution in [0.4, 0.5) is 0 Å². The van der Waals surface area contributed by atoms with Gasteiger partial charge in [0.05, 0.1) is 6.07 Å². The van der Waals surface area contributed by atoms with Gasteiger partial charge in [-0.1, -0.05) is 13.8 Å². The molecular weight excluding hydrogens is 192 g/mol. The molecule has 0 aromatic heterocycles. The van der Waals surface area contributed by atoms with Gasteiger partial charge < -0.3 is 10.4 Å². The van der Waals surface area contributed by atoms with E-state index in [0.717, 1.165) is 0 Å². The summed E-state index contributed by atoms with van der Waals surface area (Å²) in [5, 5.41) is 20.4. The van der Waals surface area contributed by atoms with Crippen LogP contribution in [0.2, 0.25) is 0 Å². The maximum atomic E-state index is 11.7. The Hall–Kier alpha value is -1.08. The highest BCUT2D eigenvalue weighted by molar-refractivity contribution is 5.84. The molecular formula is C11H20N2O2. The van der Waals surface area contributed by atoms with Crippen LogP contribution in [0.25, 0.3) is 0 Å². The summed E-state index contributed by atoms with van der Waals surface area (Å²) in [4.78, 5) is 11.7. The number of hydrogen-bond acceptors (Lipinski definition) is 3. The molecule has 15 heavy (non-hydrogen) atoms. The Bertz CT molecular complexity index is 254. The fourth-order valence-corrected chi connectivity index (χ4v) is 1.11. The molecule has 0 aromatic carbocycles. The molecule has 4 heteroatoms. The summed E-state index contributed by atoms with van der Waals surface area (Å²) in [7, 11) is 0. The van der Waals surface area contributed by atoms with E-state index in [0.29, 0.717) is 6.42 Å². The molecule has 0 heterocycles. The van der Waals surface area contributed by atoms with Crippen molar-refractivity contribution in [1.82, 2.24) is 5.32 Å². The lowest BCUT2D eigenvalue weighted by Crippen LogP contribution is -2.45. The number of carbonyl (C=O) groups excluding carboxylic acids is 1. The van der Waals surface area contributed by atoms with E-state index in [2.05, 4.69) is 5.32 Å². The van der Waals surface area contributed by atoms with Crippen LogP contribution in [0.3, 0.4) is 0 Å². The first-order chi connectivity index (χ1) is 6.85. The number of aliphatic hydroxyl groups excluding tert-OH is 1. The second-order valence-electron chi connectivity index (χ2n) is 4.57. The van der Waals surface area contributed by atoms with Crippen molar-refractivity contribution in [1.29, 1.82) is 5.26 Å². The second kappa shape index (κ2) is 5.72. The summed E-state index contributed by atoms with van der Waals surface area (Å²) in [5.41, 5.74) is -1.01. The monoisotopic (exact) mass is 212 g/mol. The van der Waals surface area contributed by atoms with Crippen LogP contribution in [0, 0.1) is 22.7 Å². The second-order valence-corrected chi connectivity index (χ2v) is 4.57. The van der Waals surface area contributed by atoms with Gasteiger partial charge in [0.25, 0.3) is 0 Å². The van der Waals surface area contributed by atoms with Crippen LogP contribution in [0.15, 0.2) is 0 Å². The summed E-state index contributed by atoms with van der Waals surface area (Å²) in [6.45, 7) is 7.15. The van der Waals surface area contributed by atoms with Gasteiger partial charge in [0.2, 0.25) is 5.91 Å². The Morgan fingerprint density at radius 2 is 2.07 bits per heavy atom. The molecule has 1 atom stereocenters. The molecule has 0 aliphatic rings. The Morgan fingerprint density at radius 1 is 1.53 bits per heavy atom. The third-order valence-electron chi connectivity index (χ3n) is 2.41. The van der Waals surface area contributed by atoms with Crippen molar-refractivity contribution in [2.45, 2.75) is 40.2 Å². The van der Waals surface area contributed by atoms with Gasteiger partial charge in [0.1, 0.15) is 5.41 Å². The van der Waals surface area contributed by atoms with E-state index in [-0.39, 0.29) is 24.5 Å². The summed E-state index contributed by atoms with van der Waals surface area (Å²) < 4.78 is 0. The molecule has 2 N–H and O–H groups in total. The molecule has 0 radical (unpaired) electrons. The smallest absolute Gasteiger partial charge is 0.240 e. The minimum absolute atomic E-state index is 0.0378. The SMILES string of the molecule is CC(C)C(CCO)NC(=O)C(C)(C)C#N. The molecule has 0 aliphatic heterocycles. The highest BCUT2D eigenvalue weighted by Gasteiger charge is 2.29. The van der Waals surface area contributed by atoms with Crippen LogP contribution >= 0.6 is 0 Å². The zero-order valence-corrected chi connectivity index (χ0v) is 9.87. The van der Waals surface area contributed by atoms with Crippen molar-refractivity contribution in [3.8, 4) is 6.07 Å². The zero-order valence-electron chi connectivity index (χ0n) is 9.87. The number of amides is 1.